The summed E-state index contributed by atoms with van der Waals surface area (Å²) in [5.74, 6) is 1.26. The summed E-state index contributed by atoms with van der Waals surface area (Å²) in [6, 6.07) is 0. The Morgan fingerprint density at radius 1 is 1.44 bits per heavy atom. The highest BCUT2D eigenvalue weighted by atomic mass is 16.5. The molecule has 5 heteroatoms. The molecule has 0 amide bonds. The van der Waals surface area contributed by atoms with Crippen molar-refractivity contribution in [3.63, 3.8) is 0 Å². The second kappa shape index (κ2) is 4.97. The molecule has 1 heterocycles. The number of rotatable bonds is 6. The highest BCUT2D eigenvalue weighted by molar-refractivity contribution is 5.04. The number of ether oxygens (including phenoxy) is 1. The van der Waals surface area contributed by atoms with E-state index in [1.807, 2.05) is 13.8 Å². The quantitative estimate of drug-likeness (QED) is 0.840. The van der Waals surface area contributed by atoms with E-state index in [0.717, 1.165) is 19.3 Å². The van der Waals surface area contributed by atoms with Gasteiger partial charge in [0.25, 0.3) is 0 Å². The molecule has 102 valence electrons. The van der Waals surface area contributed by atoms with E-state index in [4.69, 9.17) is 15.0 Å². The zero-order valence-electron chi connectivity index (χ0n) is 11.5. The third kappa shape index (κ3) is 2.57. The Morgan fingerprint density at radius 3 is 2.67 bits per heavy atom. The Labute approximate surface area is 108 Å². The highest BCUT2D eigenvalue weighted by Gasteiger charge is 2.36. The molecule has 1 unspecified atom stereocenters. The lowest BCUT2D eigenvalue weighted by Crippen LogP contribution is -2.48. The normalized spacial score (nSPS) is 21.3. The molecule has 0 radical (unpaired) electrons. The Hall–Kier alpha value is -0.940. The van der Waals surface area contributed by atoms with Crippen LogP contribution in [0.2, 0.25) is 0 Å². The van der Waals surface area contributed by atoms with E-state index in [1.54, 1.807) is 0 Å². The van der Waals surface area contributed by atoms with Crippen LogP contribution in [0.3, 0.4) is 0 Å². The van der Waals surface area contributed by atoms with Crippen LogP contribution in [0.4, 0.5) is 0 Å². The molecule has 1 aliphatic rings. The molecule has 1 aromatic heterocycles. The third-order valence-electron chi connectivity index (χ3n) is 3.93. The fourth-order valence-electron chi connectivity index (χ4n) is 2.29. The molecular weight excluding hydrogens is 230 g/mol. The van der Waals surface area contributed by atoms with Gasteiger partial charge in [-0.3, -0.25) is 0 Å². The molecule has 1 aliphatic carbocycles. The van der Waals surface area contributed by atoms with Crippen molar-refractivity contribution in [3.05, 3.63) is 11.7 Å². The number of nitrogens with zero attached hydrogens (tertiary/aromatic N) is 2. The Morgan fingerprint density at radius 2 is 2.17 bits per heavy atom. The van der Waals surface area contributed by atoms with E-state index in [9.17, 15) is 0 Å². The summed E-state index contributed by atoms with van der Waals surface area (Å²) in [7, 11) is 0. The minimum Gasteiger partial charge on any atom is -0.367 e. The van der Waals surface area contributed by atoms with Crippen molar-refractivity contribution in [3.8, 4) is 0 Å². The molecule has 0 aliphatic heterocycles. The average Bonchev–Trinajstić information content (AvgIpc) is 2.76. The number of nitrogens with two attached hydrogens (primary N) is 1. The van der Waals surface area contributed by atoms with Gasteiger partial charge in [0, 0.05) is 18.6 Å². The Kier molecular flexibility index (Phi) is 3.73. The largest absolute Gasteiger partial charge is 0.367 e. The lowest BCUT2D eigenvalue weighted by Gasteiger charge is -2.36. The van der Waals surface area contributed by atoms with Gasteiger partial charge < -0.3 is 15.0 Å². The van der Waals surface area contributed by atoms with Gasteiger partial charge in [-0.15, -0.1) is 0 Å². The number of hydrogen-bond acceptors (Lipinski definition) is 5. The maximum Gasteiger partial charge on any atom is 0.228 e. The SMILES string of the molecule is CCOC(C)(CC)c1noc(CC2(N)CCC2)n1. The maximum atomic E-state index is 6.19. The van der Waals surface area contributed by atoms with Gasteiger partial charge in [0.2, 0.25) is 11.7 Å². The van der Waals surface area contributed by atoms with Crippen LogP contribution in [0.5, 0.6) is 0 Å². The molecule has 5 nitrogen and oxygen atoms in total. The number of hydrogen-bond donors (Lipinski definition) is 1. The zero-order chi connectivity index (χ0) is 13.2. The van der Waals surface area contributed by atoms with Crippen molar-refractivity contribution in [2.24, 2.45) is 5.73 Å². The van der Waals surface area contributed by atoms with E-state index >= 15 is 0 Å². The van der Waals surface area contributed by atoms with Crippen LogP contribution < -0.4 is 5.73 Å². The van der Waals surface area contributed by atoms with Crippen molar-refractivity contribution >= 4 is 0 Å². The second-order valence-electron chi connectivity index (χ2n) is 5.42. The van der Waals surface area contributed by atoms with Crippen molar-refractivity contribution in [1.29, 1.82) is 0 Å². The topological polar surface area (TPSA) is 74.2 Å². The summed E-state index contributed by atoms with van der Waals surface area (Å²) < 4.78 is 11.0. The van der Waals surface area contributed by atoms with E-state index in [2.05, 4.69) is 17.1 Å². The van der Waals surface area contributed by atoms with Gasteiger partial charge >= 0.3 is 0 Å². The zero-order valence-corrected chi connectivity index (χ0v) is 11.5. The van der Waals surface area contributed by atoms with Gasteiger partial charge in [0.15, 0.2) is 0 Å². The molecule has 0 saturated heterocycles. The molecule has 0 bridgehead atoms. The fourth-order valence-corrected chi connectivity index (χ4v) is 2.29. The highest BCUT2D eigenvalue weighted by Crippen LogP contribution is 2.33. The first-order chi connectivity index (χ1) is 8.51. The Balaban J connectivity index is 2.09. The molecule has 18 heavy (non-hydrogen) atoms. The monoisotopic (exact) mass is 253 g/mol. The van der Waals surface area contributed by atoms with Crippen molar-refractivity contribution in [2.45, 2.75) is 64.0 Å². The van der Waals surface area contributed by atoms with Gasteiger partial charge in [-0.25, -0.2) is 0 Å². The minimum absolute atomic E-state index is 0.127. The van der Waals surface area contributed by atoms with Crippen LogP contribution in [0.25, 0.3) is 0 Å². The molecular formula is C13H23N3O2. The van der Waals surface area contributed by atoms with E-state index < -0.39 is 5.60 Å². The molecule has 2 N–H and O–H groups in total. The minimum atomic E-state index is -0.460. The molecule has 2 rings (SSSR count). The first-order valence-electron chi connectivity index (χ1n) is 6.77. The lowest BCUT2D eigenvalue weighted by atomic mass is 9.75. The first-order valence-corrected chi connectivity index (χ1v) is 6.77. The van der Waals surface area contributed by atoms with Crippen LogP contribution in [0.15, 0.2) is 4.52 Å². The predicted octanol–water partition coefficient (Wildman–Crippen LogP) is 2.16. The average molecular weight is 253 g/mol. The summed E-state index contributed by atoms with van der Waals surface area (Å²) in [4.78, 5) is 4.46. The summed E-state index contributed by atoms with van der Waals surface area (Å²) in [5, 5.41) is 4.05. The molecule has 1 saturated carbocycles. The van der Waals surface area contributed by atoms with Crippen molar-refractivity contribution < 1.29 is 9.26 Å². The van der Waals surface area contributed by atoms with Gasteiger partial charge in [0.1, 0.15) is 5.60 Å². The maximum absolute atomic E-state index is 6.19. The molecule has 0 aromatic carbocycles. The van der Waals surface area contributed by atoms with Gasteiger partial charge in [-0.1, -0.05) is 12.1 Å². The molecule has 1 aromatic rings. The first kappa shape index (κ1) is 13.5. The van der Waals surface area contributed by atoms with E-state index in [1.165, 1.54) is 6.42 Å². The molecule has 1 fully saturated rings. The van der Waals surface area contributed by atoms with Crippen molar-refractivity contribution in [1.82, 2.24) is 10.1 Å². The summed E-state index contributed by atoms with van der Waals surface area (Å²) >= 11 is 0. The van der Waals surface area contributed by atoms with E-state index in [-0.39, 0.29) is 5.54 Å². The smallest absolute Gasteiger partial charge is 0.228 e. The molecule has 0 spiro atoms. The fraction of sp³-hybridized carbons (Fsp3) is 0.846. The molecule has 1 atom stereocenters. The summed E-state index contributed by atoms with van der Waals surface area (Å²) in [5.41, 5.74) is 5.60. The van der Waals surface area contributed by atoms with E-state index in [0.29, 0.717) is 24.7 Å². The third-order valence-corrected chi connectivity index (χ3v) is 3.93. The lowest BCUT2D eigenvalue weighted by molar-refractivity contribution is -0.0403. The summed E-state index contributed by atoms with van der Waals surface area (Å²) in [6.07, 6.45) is 4.77. The van der Waals surface area contributed by atoms with Crippen molar-refractivity contribution in [2.75, 3.05) is 6.61 Å². The van der Waals surface area contributed by atoms with Crippen LogP contribution in [-0.4, -0.2) is 22.3 Å². The second-order valence-corrected chi connectivity index (χ2v) is 5.42. The number of aromatic nitrogens is 2. The van der Waals surface area contributed by atoms with Crippen LogP contribution >= 0.6 is 0 Å². The van der Waals surface area contributed by atoms with Crippen LogP contribution in [0, 0.1) is 0 Å². The van der Waals surface area contributed by atoms with Gasteiger partial charge in [0.05, 0.1) is 0 Å². The van der Waals surface area contributed by atoms with Gasteiger partial charge in [-0.05, 0) is 39.5 Å². The van der Waals surface area contributed by atoms with Gasteiger partial charge in [-0.2, -0.15) is 4.98 Å². The van der Waals surface area contributed by atoms with Crippen LogP contribution in [-0.2, 0) is 16.8 Å². The van der Waals surface area contributed by atoms with Crippen LogP contribution in [0.1, 0.15) is 58.2 Å². The predicted molar refractivity (Wildman–Crippen MR) is 68.0 cm³/mol. The summed E-state index contributed by atoms with van der Waals surface area (Å²) in [6.45, 7) is 6.65. The Bertz CT molecular complexity index is 401. The standard InChI is InChI=1S/C13H23N3O2/c1-4-12(3,17-5-2)11-15-10(18-16-11)9-13(14)7-6-8-13/h4-9,14H2,1-3H3.